The first-order chi connectivity index (χ1) is 4.20. The van der Waals surface area contributed by atoms with Gasteiger partial charge in [-0.25, -0.2) is 4.79 Å². The molecular formula is C5H7ClO3. The van der Waals surface area contributed by atoms with Crippen LogP contribution >= 0.6 is 11.6 Å². The molecule has 1 N–H and O–H groups in total. The number of alkyl halides is 1. The molecule has 4 heteroatoms. The standard InChI is InChI=1S/C5H7ClO3/c1-9-4(3-6)2-5(7)8/h2H,3H2,1H3,(H,7,8)/b4-2+. The molecule has 0 amide bonds. The van der Waals surface area contributed by atoms with Gasteiger partial charge >= 0.3 is 5.97 Å². The lowest BCUT2D eigenvalue weighted by Crippen LogP contribution is -1.95. The molecule has 0 heterocycles. The Morgan fingerprint density at radius 3 is 2.56 bits per heavy atom. The number of allylic oxidation sites excluding steroid dienone is 1. The van der Waals surface area contributed by atoms with E-state index in [0.29, 0.717) is 0 Å². The highest BCUT2D eigenvalue weighted by Gasteiger charge is 1.95. The van der Waals surface area contributed by atoms with Crippen LogP contribution in [0.5, 0.6) is 0 Å². The third-order valence-electron chi connectivity index (χ3n) is 0.678. The van der Waals surface area contributed by atoms with Crippen LogP contribution < -0.4 is 0 Å². The second-order valence-electron chi connectivity index (χ2n) is 1.29. The molecule has 9 heavy (non-hydrogen) atoms. The maximum Gasteiger partial charge on any atom is 0.331 e. The molecule has 0 radical (unpaired) electrons. The highest BCUT2D eigenvalue weighted by Crippen LogP contribution is 1.96. The number of hydrogen-bond acceptors (Lipinski definition) is 2. The molecule has 0 atom stereocenters. The first-order valence-corrected chi connectivity index (χ1v) is 2.77. The Hall–Kier alpha value is -0.700. The van der Waals surface area contributed by atoms with Crippen LogP contribution in [0.2, 0.25) is 0 Å². The van der Waals surface area contributed by atoms with Crippen molar-refractivity contribution in [1.29, 1.82) is 0 Å². The van der Waals surface area contributed by atoms with Crippen molar-refractivity contribution in [2.75, 3.05) is 13.0 Å². The molecule has 52 valence electrons. The summed E-state index contributed by atoms with van der Waals surface area (Å²) in [4.78, 5) is 9.91. The highest BCUT2D eigenvalue weighted by molar-refractivity contribution is 6.19. The minimum atomic E-state index is -1.05. The summed E-state index contributed by atoms with van der Waals surface area (Å²) in [6, 6.07) is 0. The molecule has 0 aromatic heterocycles. The zero-order chi connectivity index (χ0) is 7.28. The molecule has 0 saturated heterocycles. The molecule has 0 aromatic rings. The summed E-state index contributed by atoms with van der Waals surface area (Å²) in [6.45, 7) is 0. The predicted octanol–water partition coefficient (Wildman–Crippen LogP) is 0.840. The molecule has 0 spiro atoms. The number of carboxylic acids is 1. The molecule has 0 aliphatic heterocycles. The highest BCUT2D eigenvalue weighted by atomic mass is 35.5. The summed E-state index contributed by atoms with van der Waals surface area (Å²) < 4.78 is 4.56. The van der Waals surface area contributed by atoms with Crippen LogP contribution in [0, 0.1) is 0 Å². The largest absolute Gasteiger partial charge is 0.500 e. The molecule has 0 aliphatic rings. The van der Waals surface area contributed by atoms with Crippen LogP contribution in [-0.2, 0) is 9.53 Å². The van der Waals surface area contributed by atoms with Crippen LogP contribution in [-0.4, -0.2) is 24.1 Å². The van der Waals surface area contributed by atoms with Crippen LogP contribution in [0.25, 0.3) is 0 Å². The van der Waals surface area contributed by atoms with Gasteiger partial charge in [0.2, 0.25) is 0 Å². The van der Waals surface area contributed by atoms with Gasteiger partial charge in [-0.15, -0.1) is 11.6 Å². The van der Waals surface area contributed by atoms with Crippen molar-refractivity contribution in [3.05, 3.63) is 11.8 Å². The fraction of sp³-hybridized carbons (Fsp3) is 0.400. The Kier molecular flexibility index (Phi) is 3.88. The molecule has 3 nitrogen and oxygen atoms in total. The van der Waals surface area contributed by atoms with E-state index in [-0.39, 0.29) is 11.6 Å². The number of halogens is 1. The lowest BCUT2D eigenvalue weighted by atomic mass is 10.5. The molecule has 0 unspecified atom stereocenters. The third-order valence-corrected chi connectivity index (χ3v) is 0.942. The molecule has 0 aliphatic carbocycles. The number of aliphatic carboxylic acids is 1. The van der Waals surface area contributed by atoms with Crippen LogP contribution in [0.3, 0.4) is 0 Å². The first kappa shape index (κ1) is 8.30. The number of ether oxygens (including phenoxy) is 1. The van der Waals surface area contributed by atoms with E-state index >= 15 is 0 Å². The van der Waals surface area contributed by atoms with Crippen molar-refractivity contribution in [2.45, 2.75) is 0 Å². The maximum absolute atomic E-state index is 9.91. The second-order valence-corrected chi connectivity index (χ2v) is 1.55. The van der Waals surface area contributed by atoms with E-state index in [1.807, 2.05) is 0 Å². The predicted molar refractivity (Wildman–Crippen MR) is 33.4 cm³/mol. The van der Waals surface area contributed by atoms with Crippen molar-refractivity contribution in [2.24, 2.45) is 0 Å². The van der Waals surface area contributed by atoms with E-state index in [1.54, 1.807) is 0 Å². The van der Waals surface area contributed by atoms with E-state index in [1.165, 1.54) is 7.11 Å². The number of carboxylic acid groups (broad SMARTS) is 1. The normalized spacial score (nSPS) is 11.1. The lowest BCUT2D eigenvalue weighted by molar-refractivity contribution is -0.131. The van der Waals surface area contributed by atoms with E-state index in [9.17, 15) is 4.79 Å². The van der Waals surface area contributed by atoms with Crippen LogP contribution in [0.1, 0.15) is 0 Å². The topological polar surface area (TPSA) is 46.5 Å². The smallest absolute Gasteiger partial charge is 0.331 e. The molecule has 0 aromatic carbocycles. The molecule has 0 saturated carbocycles. The first-order valence-electron chi connectivity index (χ1n) is 2.24. The van der Waals surface area contributed by atoms with Crippen LogP contribution in [0.4, 0.5) is 0 Å². The third kappa shape index (κ3) is 3.85. The van der Waals surface area contributed by atoms with E-state index in [0.717, 1.165) is 6.08 Å². The van der Waals surface area contributed by atoms with Gasteiger partial charge in [-0.2, -0.15) is 0 Å². The Labute approximate surface area is 57.9 Å². The molecule has 0 bridgehead atoms. The minimum Gasteiger partial charge on any atom is -0.500 e. The summed E-state index contributed by atoms with van der Waals surface area (Å²) in [6.07, 6.45) is 0.924. The summed E-state index contributed by atoms with van der Waals surface area (Å²) in [5, 5.41) is 8.13. The fourth-order valence-corrected chi connectivity index (χ4v) is 0.476. The summed E-state index contributed by atoms with van der Waals surface area (Å²) in [5.74, 6) is -0.709. The van der Waals surface area contributed by atoms with Gasteiger partial charge in [0.25, 0.3) is 0 Å². The van der Waals surface area contributed by atoms with Gasteiger partial charge in [0.1, 0.15) is 5.76 Å². The van der Waals surface area contributed by atoms with E-state index in [2.05, 4.69) is 4.74 Å². The van der Waals surface area contributed by atoms with Crippen molar-refractivity contribution >= 4 is 17.6 Å². The number of carbonyl (C=O) groups is 1. The molecule has 0 fully saturated rings. The summed E-state index contributed by atoms with van der Waals surface area (Å²) >= 11 is 5.26. The Bertz CT molecular complexity index is 124. The summed E-state index contributed by atoms with van der Waals surface area (Å²) in [7, 11) is 1.37. The second kappa shape index (κ2) is 4.21. The van der Waals surface area contributed by atoms with Crippen molar-refractivity contribution in [3.63, 3.8) is 0 Å². The zero-order valence-corrected chi connectivity index (χ0v) is 5.68. The lowest BCUT2D eigenvalue weighted by Gasteiger charge is -1.96. The Balaban J connectivity index is 3.91. The minimum absolute atomic E-state index is 0.0861. The van der Waals surface area contributed by atoms with Gasteiger partial charge in [-0.3, -0.25) is 0 Å². The Morgan fingerprint density at radius 2 is 2.44 bits per heavy atom. The summed E-state index contributed by atoms with van der Waals surface area (Å²) in [5.41, 5.74) is 0. The SMILES string of the molecule is CO/C(=C/C(=O)O)CCl. The van der Waals surface area contributed by atoms with Gasteiger partial charge in [0.05, 0.1) is 19.1 Å². The maximum atomic E-state index is 9.91. The molecule has 0 rings (SSSR count). The average Bonchev–Trinajstić information content (AvgIpc) is 1.82. The van der Waals surface area contributed by atoms with Crippen molar-refractivity contribution < 1.29 is 14.6 Å². The quantitative estimate of drug-likeness (QED) is 0.369. The van der Waals surface area contributed by atoms with Gasteiger partial charge < -0.3 is 9.84 Å². The van der Waals surface area contributed by atoms with Gasteiger partial charge in [0, 0.05) is 0 Å². The van der Waals surface area contributed by atoms with Crippen LogP contribution in [0.15, 0.2) is 11.8 Å². The Morgan fingerprint density at radius 1 is 1.89 bits per heavy atom. The van der Waals surface area contributed by atoms with Crippen molar-refractivity contribution in [3.8, 4) is 0 Å². The monoisotopic (exact) mass is 150 g/mol. The fourth-order valence-electron chi connectivity index (χ4n) is 0.290. The van der Waals surface area contributed by atoms with Crippen molar-refractivity contribution in [1.82, 2.24) is 0 Å². The van der Waals surface area contributed by atoms with E-state index in [4.69, 9.17) is 16.7 Å². The average molecular weight is 151 g/mol. The molecular weight excluding hydrogens is 144 g/mol. The van der Waals surface area contributed by atoms with E-state index < -0.39 is 5.97 Å². The number of methoxy groups -OCH3 is 1. The van der Waals surface area contributed by atoms with Gasteiger partial charge in [-0.05, 0) is 0 Å². The number of rotatable bonds is 3. The van der Waals surface area contributed by atoms with Gasteiger partial charge in [0.15, 0.2) is 0 Å². The number of hydrogen-bond donors (Lipinski definition) is 1. The van der Waals surface area contributed by atoms with Gasteiger partial charge in [-0.1, -0.05) is 0 Å². The zero-order valence-electron chi connectivity index (χ0n) is 4.93.